The van der Waals surface area contributed by atoms with Crippen molar-refractivity contribution in [2.75, 3.05) is 33.3 Å². The van der Waals surface area contributed by atoms with Crippen LogP contribution in [-0.4, -0.2) is 51.3 Å². The Bertz CT molecular complexity index is 1550. The number of carbonyl (C=O) groups is 2. The van der Waals surface area contributed by atoms with Crippen molar-refractivity contribution in [1.82, 2.24) is 10.3 Å². The second-order valence-corrected chi connectivity index (χ2v) is 10.7. The lowest BCUT2D eigenvalue weighted by molar-refractivity contribution is -0.127. The van der Waals surface area contributed by atoms with E-state index in [-0.39, 0.29) is 24.3 Å². The number of rotatable bonds is 11. The quantitative estimate of drug-likeness (QED) is 0.225. The lowest BCUT2D eigenvalue weighted by Gasteiger charge is -2.34. The number of hydrogen-bond donors (Lipinski definition) is 2. The third kappa shape index (κ3) is 6.40. The van der Waals surface area contributed by atoms with Crippen molar-refractivity contribution in [1.29, 1.82) is 0 Å². The van der Waals surface area contributed by atoms with E-state index in [9.17, 15) is 9.59 Å². The zero-order chi connectivity index (χ0) is 30.3. The molecular weight excluding hydrogens is 546 g/mol. The summed E-state index contributed by atoms with van der Waals surface area (Å²) in [6, 6.07) is 17.5. The maximum Gasteiger partial charge on any atom is 0.248 e. The summed E-state index contributed by atoms with van der Waals surface area (Å²) in [4.78, 5) is 33.7. The van der Waals surface area contributed by atoms with Gasteiger partial charge in [-0.15, -0.1) is 0 Å². The standard InChI is InChI=1S/C34H39N3O6/c1-40-26-14-10-13-25(20-26)37(31(38)19-23-21-35-28-16-9-8-15-27(23)28)32(34(39)36-24-11-6-5-7-12-24)22-17-29(41-2)33(43-4)30(18-22)42-3/h8-10,13-18,20-21,24,32,35H,5-7,11-12,19H2,1-4H3,(H,36,39)/t32-/m0/s1. The van der Waals surface area contributed by atoms with E-state index in [0.717, 1.165) is 48.6 Å². The molecule has 0 unspecified atom stereocenters. The fourth-order valence-corrected chi connectivity index (χ4v) is 5.93. The van der Waals surface area contributed by atoms with E-state index in [1.165, 1.54) is 21.3 Å². The molecule has 1 atom stereocenters. The van der Waals surface area contributed by atoms with Crippen molar-refractivity contribution in [3.63, 3.8) is 0 Å². The predicted octanol–water partition coefficient (Wildman–Crippen LogP) is 5.97. The molecule has 0 aliphatic heterocycles. The molecule has 0 spiro atoms. The molecule has 1 fully saturated rings. The molecule has 3 aromatic carbocycles. The highest BCUT2D eigenvalue weighted by Gasteiger charge is 2.36. The van der Waals surface area contributed by atoms with Gasteiger partial charge in [-0.25, -0.2) is 0 Å². The first-order valence-corrected chi connectivity index (χ1v) is 14.6. The number of H-pyrrole nitrogens is 1. The summed E-state index contributed by atoms with van der Waals surface area (Å²) in [6.45, 7) is 0. The van der Waals surface area contributed by atoms with Gasteiger partial charge in [0, 0.05) is 34.9 Å². The number of fused-ring (bicyclic) bond motifs is 1. The molecule has 1 aliphatic rings. The molecule has 5 rings (SSSR count). The van der Waals surface area contributed by atoms with Crippen LogP contribution >= 0.6 is 0 Å². The van der Waals surface area contributed by atoms with Crippen molar-refractivity contribution in [2.45, 2.75) is 50.6 Å². The summed E-state index contributed by atoms with van der Waals surface area (Å²) in [5.41, 5.74) is 2.83. The number of aromatic amines is 1. The van der Waals surface area contributed by atoms with Crippen LogP contribution in [0.4, 0.5) is 5.69 Å². The number of amides is 2. The van der Waals surface area contributed by atoms with E-state index in [1.54, 1.807) is 30.2 Å². The number of benzene rings is 3. The Balaban J connectivity index is 1.65. The lowest BCUT2D eigenvalue weighted by atomic mass is 9.94. The van der Waals surface area contributed by atoms with Gasteiger partial charge < -0.3 is 29.2 Å². The summed E-state index contributed by atoms with van der Waals surface area (Å²) < 4.78 is 22.4. The molecule has 0 bridgehead atoms. The number of nitrogens with zero attached hydrogens (tertiary/aromatic N) is 1. The van der Waals surface area contributed by atoms with Crippen molar-refractivity contribution in [3.8, 4) is 23.0 Å². The Morgan fingerprint density at radius 1 is 0.884 bits per heavy atom. The summed E-state index contributed by atoms with van der Waals surface area (Å²) in [5, 5.41) is 4.22. The van der Waals surface area contributed by atoms with E-state index in [2.05, 4.69) is 10.3 Å². The number of para-hydroxylation sites is 1. The molecular formula is C34H39N3O6. The van der Waals surface area contributed by atoms with E-state index < -0.39 is 6.04 Å². The fraction of sp³-hybridized carbons (Fsp3) is 0.353. The normalized spacial score (nSPS) is 14.1. The van der Waals surface area contributed by atoms with E-state index >= 15 is 0 Å². The number of ether oxygens (including phenoxy) is 4. The van der Waals surface area contributed by atoms with Crippen LogP contribution in [0, 0.1) is 0 Å². The minimum atomic E-state index is -1.04. The van der Waals surface area contributed by atoms with Gasteiger partial charge in [-0.1, -0.05) is 43.5 Å². The van der Waals surface area contributed by atoms with Crippen LogP contribution in [0.1, 0.15) is 49.3 Å². The SMILES string of the molecule is COc1cccc(N(C(=O)Cc2c[nH]c3ccccc23)[C@H](C(=O)NC2CCCCC2)c2cc(OC)c(OC)c(OC)c2)c1. The maximum atomic E-state index is 14.5. The monoisotopic (exact) mass is 585 g/mol. The summed E-state index contributed by atoms with van der Waals surface area (Å²) in [5.74, 6) is 1.22. The molecule has 1 heterocycles. The van der Waals surface area contributed by atoms with Gasteiger partial charge in [0.15, 0.2) is 11.5 Å². The number of carbonyl (C=O) groups excluding carboxylic acids is 2. The minimum Gasteiger partial charge on any atom is -0.497 e. The van der Waals surface area contributed by atoms with Crippen LogP contribution in [-0.2, 0) is 16.0 Å². The molecule has 1 aromatic heterocycles. The smallest absolute Gasteiger partial charge is 0.248 e. The Kier molecular flexibility index (Phi) is 9.39. The number of anilines is 1. The first-order chi connectivity index (χ1) is 21.0. The average molecular weight is 586 g/mol. The molecule has 2 N–H and O–H groups in total. The highest BCUT2D eigenvalue weighted by atomic mass is 16.5. The Labute approximate surface area is 252 Å². The van der Waals surface area contributed by atoms with Crippen molar-refractivity contribution in [2.24, 2.45) is 0 Å². The van der Waals surface area contributed by atoms with Crippen LogP contribution in [0.5, 0.6) is 23.0 Å². The average Bonchev–Trinajstić information content (AvgIpc) is 3.45. The summed E-state index contributed by atoms with van der Waals surface area (Å²) in [6.07, 6.45) is 6.98. The molecule has 0 radical (unpaired) electrons. The molecule has 4 aromatic rings. The van der Waals surface area contributed by atoms with Gasteiger partial charge in [-0.3, -0.25) is 14.5 Å². The van der Waals surface area contributed by atoms with Crippen LogP contribution in [0.15, 0.2) is 66.9 Å². The van der Waals surface area contributed by atoms with Crippen LogP contribution in [0.2, 0.25) is 0 Å². The summed E-state index contributed by atoms with van der Waals surface area (Å²) in [7, 11) is 6.16. The van der Waals surface area contributed by atoms with Crippen molar-refractivity contribution >= 4 is 28.4 Å². The highest BCUT2D eigenvalue weighted by Crippen LogP contribution is 2.42. The molecule has 1 saturated carbocycles. The van der Waals surface area contributed by atoms with E-state index in [0.29, 0.717) is 34.2 Å². The van der Waals surface area contributed by atoms with Gasteiger partial charge in [0.2, 0.25) is 17.6 Å². The predicted molar refractivity (Wildman–Crippen MR) is 166 cm³/mol. The Morgan fingerprint density at radius 2 is 1.60 bits per heavy atom. The van der Waals surface area contributed by atoms with Gasteiger partial charge in [-0.2, -0.15) is 0 Å². The number of aromatic nitrogens is 1. The first-order valence-electron chi connectivity index (χ1n) is 14.6. The minimum absolute atomic E-state index is 0.0293. The molecule has 0 saturated heterocycles. The van der Waals surface area contributed by atoms with Crippen LogP contribution < -0.4 is 29.2 Å². The first kappa shape index (κ1) is 29.8. The van der Waals surface area contributed by atoms with Gasteiger partial charge in [0.25, 0.3) is 0 Å². The summed E-state index contributed by atoms with van der Waals surface area (Å²) >= 11 is 0. The van der Waals surface area contributed by atoms with E-state index in [4.69, 9.17) is 18.9 Å². The van der Waals surface area contributed by atoms with Gasteiger partial charge >= 0.3 is 0 Å². The number of methoxy groups -OCH3 is 4. The zero-order valence-corrected chi connectivity index (χ0v) is 25.1. The van der Waals surface area contributed by atoms with E-state index in [1.807, 2.05) is 48.7 Å². The van der Waals surface area contributed by atoms with Gasteiger partial charge in [0.1, 0.15) is 11.8 Å². The molecule has 2 amide bonds. The van der Waals surface area contributed by atoms with Gasteiger partial charge in [0.05, 0.1) is 34.9 Å². The largest absolute Gasteiger partial charge is 0.497 e. The highest BCUT2D eigenvalue weighted by molar-refractivity contribution is 6.03. The van der Waals surface area contributed by atoms with Crippen molar-refractivity contribution in [3.05, 3.63) is 78.0 Å². The van der Waals surface area contributed by atoms with Crippen molar-refractivity contribution < 1.29 is 28.5 Å². The number of hydrogen-bond acceptors (Lipinski definition) is 6. The van der Waals surface area contributed by atoms with Crippen LogP contribution in [0.3, 0.4) is 0 Å². The van der Waals surface area contributed by atoms with Gasteiger partial charge in [-0.05, 0) is 54.3 Å². The topological polar surface area (TPSA) is 102 Å². The maximum absolute atomic E-state index is 14.5. The van der Waals surface area contributed by atoms with Crippen LogP contribution in [0.25, 0.3) is 10.9 Å². The molecule has 9 nitrogen and oxygen atoms in total. The zero-order valence-electron chi connectivity index (χ0n) is 25.1. The lowest BCUT2D eigenvalue weighted by Crippen LogP contribution is -2.47. The molecule has 226 valence electrons. The third-order valence-electron chi connectivity index (χ3n) is 8.08. The third-order valence-corrected chi connectivity index (χ3v) is 8.08. The number of nitrogens with one attached hydrogen (secondary N) is 2. The Hall–Kier alpha value is -4.66. The molecule has 9 heteroatoms. The molecule has 1 aliphatic carbocycles. The second-order valence-electron chi connectivity index (χ2n) is 10.7. The second kappa shape index (κ2) is 13.5. The Morgan fingerprint density at radius 3 is 2.28 bits per heavy atom. The molecule has 43 heavy (non-hydrogen) atoms. The fourth-order valence-electron chi connectivity index (χ4n) is 5.93.